The van der Waals surface area contributed by atoms with E-state index in [4.69, 9.17) is 0 Å². The first-order valence-corrected chi connectivity index (χ1v) is 4.92. The molecule has 0 atom stereocenters. The molecule has 94 valence electrons. The standard InChI is InChI=1S/C10H12F3N3O/c1-14-8-4-2-3-7(16-8)9(17)15-6-5-10(11,12)13/h2-4H,5-6H2,1H3,(H,14,16)(H,15,17). The molecule has 1 rings (SSSR count). The van der Waals surface area contributed by atoms with Gasteiger partial charge in [-0.15, -0.1) is 0 Å². The lowest BCUT2D eigenvalue weighted by atomic mass is 10.3. The van der Waals surface area contributed by atoms with E-state index in [1.165, 1.54) is 6.07 Å². The Labute approximate surface area is 96.2 Å². The maximum atomic E-state index is 11.9. The molecule has 0 aliphatic carbocycles. The quantitative estimate of drug-likeness (QED) is 0.853. The Kier molecular flexibility index (Phi) is 4.30. The minimum Gasteiger partial charge on any atom is -0.373 e. The van der Waals surface area contributed by atoms with Crippen LogP contribution in [0.2, 0.25) is 0 Å². The van der Waals surface area contributed by atoms with Gasteiger partial charge >= 0.3 is 6.18 Å². The van der Waals surface area contributed by atoms with Gasteiger partial charge in [0, 0.05) is 13.6 Å². The number of nitrogens with zero attached hydrogens (tertiary/aromatic N) is 1. The summed E-state index contributed by atoms with van der Waals surface area (Å²) in [6.07, 6.45) is -5.32. The van der Waals surface area contributed by atoms with Crippen LogP contribution in [0.15, 0.2) is 18.2 Å². The fourth-order valence-corrected chi connectivity index (χ4v) is 1.11. The Morgan fingerprint density at radius 3 is 2.71 bits per heavy atom. The number of halogens is 3. The molecular weight excluding hydrogens is 235 g/mol. The highest BCUT2D eigenvalue weighted by Crippen LogP contribution is 2.18. The second-order valence-corrected chi connectivity index (χ2v) is 3.28. The molecule has 4 nitrogen and oxygen atoms in total. The van der Waals surface area contributed by atoms with Crippen LogP contribution >= 0.6 is 0 Å². The first-order valence-electron chi connectivity index (χ1n) is 4.92. The molecule has 0 fully saturated rings. The fourth-order valence-electron chi connectivity index (χ4n) is 1.11. The molecule has 1 heterocycles. The number of pyridine rings is 1. The minimum absolute atomic E-state index is 0.0824. The van der Waals surface area contributed by atoms with Crippen LogP contribution in [0.25, 0.3) is 0 Å². The van der Waals surface area contributed by atoms with E-state index in [1.54, 1.807) is 19.2 Å². The van der Waals surface area contributed by atoms with Crippen LogP contribution in [0.1, 0.15) is 16.9 Å². The third kappa shape index (κ3) is 4.71. The zero-order valence-corrected chi connectivity index (χ0v) is 9.14. The molecule has 0 spiro atoms. The molecule has 0 aliphatic heterocycles. The van der Waals surface area contributed by atoms with Gasteiger partial charge in [0.15, 0.2) is 0 Å². The molecule has 0 aliphatic rings. The maximum Gasteiger partial charge on any atom is 0.390 e. The Balaban J connectivity index is 2.52. The van der Waals surface area contributed by atoms with Crippen molar-refractivity contribution in [2.45, 2.75) is 12.6 Å². The Morgan fingerprint density at radius 1 is 1.41 bits per heavy atom. The molecule has 0 unspecified atom stereocenters. The lowest BCUT2D eigenvalue weighted by Gasteiger charge is -2.08. The Bertz CT molecular complexity index is 393. The average Bonchev–Trinajstić information content (AvgIpc) is 2.27. The Morgan fingerprint density at radius 2 is 2.12 bits per heavy atom. The van der Waals surface area contributed by atoms with Crippen LogP contribution in [0.5, 0.6) is 0 Å². The SMILES string of the molecule is CNc1cccc(C(=O)NCCC(F)(F)F)n1. The normalized spacial score (nSPS) is 11.1. The van der Waals surface area contributed by atoms with Crippen LogP contribution in [0.3, 0.4) is 0 Å². The van der Waals surface area contributed by atoms with E-state index < -0.39 is 25.0 Å². The molecule has 0 saturated carbocycles. The summed E-state index contributed by atoms with van der Waals surface area (Å²) in [5.41, 5.74) is 0.0824. The van der Waals surface area contributed by atoms with Gasteiger partial charge in [0.05, 0.1) is 6.42 Å². The Hall–Kier alpha value is -1.79. The lowest BCUT2D eigenvalue weighted by Crippen LogP contribution is -2.28. The number of carbonyl (C=O) groups is 1. The van der Waals surface area contributed by atoms with E-state index in [2.05, 4.69) is 15.6 Å². The highest BCUT2D eigenvalue weighted by molar-refractivity contribution is 5.92. The summed E-state index contributed by atoms with van der Waals surface area (Å²) < 4.78 is 35.6. The summed E-state index contributed by atoms with van der Waals surface area (Å²) in [5, 5.41) is 4.89. The van der Waals surface area contributed by atoms with E-state index >= 15 is 0 Å². The van der Waals surface area contributed by atoms with Gasteiger partial charge in [0.1, 0.15) is 11.5 Å². The van der Waals surface area contributed by atoms with Gasteiger partial charge in [-0.2, -0.15) is 13.2 Å². The predicted molar refractivity (Wildman–Crippen MR) is 56.8 cm³/mol. The number of hydrogen-bond donors (Lipinski definition) is 2. The van der Waals surface area contributed by atoms with Gasteiger partial charge in [0.25, 0.3) is 5.91 Å². The zero-order valence-electron chi connectivity index (χ0n) is 9.14. The monoisotopic (exact) mass is 247 g/mol. The van der Waals surface area contributed by atoms with E-state index in [0.717, 1.165) is 0 Å². The van der Waals surface area contributed by atoms with Gasteiger partial charge in [-0.25, -0.2) is 4.98 Å². The molecule has 0 bridgehead atoms. The van der Waals surface area contributed by atoms with E-state index in [9.17, 15) is 18.0 Å². The summed E-state index contributed by atoms with van der Waals surface area (Å²) in [6.45, 7) is -0.451. The number of anilines is 1. The lowest BCUT2D eigenvalue weighted by molar-refractivity contribution is -0.132. The number of aromatic nitrogens is 1. The van der Waals surface area contributed by atoms with Gasteiger partial charge < -0.3 is 10.6 Å². The first kappa shape index (κ1) is 13.3. The second kappa shape index (κ2) is 5.51. The van der Waals surface area contributed by atoms with Gasteiger partial charge in [-0.3, -0.25) is 4.79 Å². The molecule has 0 saturated heterocycles. The van der Waals surface area contributed by atoms with Crippen LogP contribution in [-0.4, -0.2) is 30.7 Å². The van der Waals surface area contributed by atoms with Gasteiger partial charge in [-0.1, -0.05) is 6.07 Å². The molecule has 0 aromatic carbocycles. The topological polar surface area (TPSA) is 54.0 Å². The van der Waals surface area contributed by atoms with Crippen molar-refractivity contribution in [1.29, 1.82) is 0 Å². The summed E-state index contributed by atoms with van der Waals surface area (Å²) >= 11 is 0. The largest absolute Gasteiger partial charge is 0.390 e. The molecule has 17 heavy (non-hydrogen) atoms. The summed E-state index contributed by atoms with van der Waals surface area (Å²) in [7, 11) is 1.63. The first-order chi connectivity index (χ1) is 7.92. The van der Waals surface area contributed by atoms with Gasteiger partial charge in [0.2, 0.25) is 0 Å². The molecule has 1 aromatic heterocycles. The average molecular weight is 247 g/mol. The van der Waals surface area contributed by atoms with Crippen molar-refractivity contribution in [2.24, 2.45) is 0 Å². The van der Waals surface area contributed by atoms with E-state index in [-0.39, 0.29) is 5.69 Å². The van der Waals surface area contributed by atoms with Crippen molar-refractivity contribution >= 4 is 11.7 Å². The predicted octanol–water partition coefficient (Wildman–Crippen LogP) is 1.81. The molecule has 7 heteroatoms. The number of hydrogen-bond acceptors (Lipinski definition) is 3. The van der Waals surface area contributed by atoms with E-state index in [0.29, 0.717) is 5.82 Å². The number of carbonyl (C=O) groups excluding carboxylic acids is 1. The minimum atomic E-state index is -4.27. The van der Waals surface area contributed by atoms with Crippen molar-refractivity contribution in [3.8, 4) is 0 Å². The van der Waals surface area contributed by atoms with Crippen molar-refractivity contribution in [1.82, 2.24) is 10.3 Å². The number of amides is 1. The molecule has 1 aromatic rings. The number of rotatable bonds is 4. The highest BCUT2D eigenvalue weighted by atomic mass is 19.4. The highest BCUT2D eigenvalue weighted by Gasteiger charge is 2.26. The summed E-state index contributed by atoms with van der Waals surface area (Å²) in [6, 6.07) is 4.67. The van der Waals surface area contributed by atoms with Crippen molar-refractivity contribution in [3.05, 3.63) is 23.9 Å². The summed E-state index contributed by atoms with van der Waals surface area (Å²) in [5.74, 6) is -0.139. The number of alkyl halides is 3. The van der Waals surface area contributed by atoms with Crippen LogP contribution in [0.4, 0.5) is 19.0 Å². The van der Waals surface area contributed by atoms with Crippen LogP contribution in [-0.2, 0) is 0 Å². The molecular formula is C10H12F3N3O. The third-order valence-corrected chi connectivity index (χ3v) is 1.93. The molecule has 1 amide bonds. The third-order valence-electron chi connectivity index (χ3n) is 1.93. The van der Waals surface area contributed by atoms with Crippen LogP contribution < -0.4 is 10.6 Å². The second-order valence-electron chi connectivity index (χ2n) is 3.28. The van der Waals surface area contributed by atoms with Crippen molar-refractivity contribution in [2.75, 3.05) is 18.9 Å². The van der Waals surface area contributed by atoms with Crippen LogP contribution in [0, 0.1) is 0 Å². The van der Waals surface area contributed by atoms with E-state index in [1.807, 2.05) is 0 Å². The maximum absolute atomic E-state index is 11.9. The van der Waals surface area contributed by atoms with Crippen molar-refractivity contribution in [3.63, 3.8) is 0 Å². The van der Waals surface area contributed by atoms with Gasteiger partial charge in [-0.05, 0) is 12.1 Å². The summed E-state index contributed by atoms with van der Waals surface area (Å²) in [4.78, 5) is 15.3. The zero-order chi connectivity index (χ0) is 12.9. The molecule has 0 radical (unpaired) electrons. The molecule has 2 N–H and O–H groups in total. The smallest absolute Gasteiger partial charge is 0.373 e. The fraction of sp³-hybridized carbons (Fsp3) is 0.400. The van der Waals surface area contributed by atoms with Crippen molar-refractivity contribution < 1.29 is 18.0 Å². The number of nitrogens with one attached hydrogen (secondary N) is 2.